The van der Waals surface area contributed by atoms with E-state index in [-0.39, 0.29) is 23.4 Å². The highest BCUT2D eigenvalue weighted by molar-refractivity contribution is 5.94. The van der Waals surface area contributed by atoms with Gasteiger partial charge in [0.05, 0.1) is 29.2 Å². The third kappa shape index (κ3) is 3.24. The molecule has 1 aliphatic rings. The molecule has 0 bridgehead atoms. The first-order chi connectivity index (χ1) is 14.4. The van der Waals surface area contributed by atoms with E-state index in [1.54, 1.807) is 36.1 Å². The van der Waals surface area contributed by atoms with Crippen molar-refractivity contribution in [1.82, 2.24) is 29.9 Å². The maximum absolute atomic E-state index is 14.1. The van der Waals surface area contributed by atoms with Crippen LogP contribution in [0.2, 0.25) is 0 Å². The highest BCUT2D eigenvalue weighted by Crippen LogP contribution is 2.40. The summed E-state index contributed by atoms with van der Waals surface area (Å²) in [5.41, 5.74) is 2.09. The molecule has 5 rings (SSSR count). The molecular weight excluding hydrogens is 393 g/mol. The van der Waals surface area contributed by atoms with Gasteiger partial charge in [-0.2, -0.15) is 23.4 Å². The lowest BCUT2D eigenvalue weighted by Crippen LogP contribution is -2.36. The number of likely N-dealkylation sites (tertiary alicyclic amines) is 1. The Bertz CT molecular complexity index is 1220. The summed E-state index contributed by atoms with van der Waals surface area (Å²) in [6, 6.07) is 6.38. The zero-order valence-corrected chi connectivity index (χ0v) is 16.2. The molecule has 154 valence electrons. The van der Waals surface area contributed by atoms with Gasteiger partial charge in [0.1, 0.15) is 5.69 Å². The monoisotopic (exact) mass is 412 g/mol. The molecule has 9 heteroatoms. The molecule has 4 heterocycles. The molecule has 4 aromatic rings. The zero-order valence-electron chi connectivity index (χ0n) is 16.2. The van der Waals surface area contributed by atoms with Crippen LogP contribution in [0.1, 0.15) is 17.5 Å². The summed E-state index contributed by atoms with van der Waals surface area (Å²) in [5, 5.41) is 12.1. The van der Waals surface area contributed by atoms with Crippen molar-refractivity contribution < 1.29 is 13.2 Å². The van der Waals surface area contributed by atoms with Crippen LogP contribution in [0, 0.1) is 0 Å². The van der Waals surface area contributed by atoms with Crippen molar-refractivity contribution in [3.8, 4) is 22.5 Å². The van der Waals surface area contributed by atoms with Gasteiger partial charge in [0, 0.05) is 36.3 Å². The number of halogens is 3. The van der Waals surface area contributed by atoms with Crippen molar-refractivity contribution in [3.05, 3.63) is 54.0 Å². The van der Waals surface area contributed by atoms with Gasteiger partial charge in [-0.3, -0.25) is 19.7 Å². The minimum atomic E-state index is -4.48. The number of benzene rings is 1. The second-order valence-electron chi connectivity index (χ2n) is 7.56. The van der Waals surface area contributed by atoms with Gasteiger partial charge < -0.3 is 0 Å². The van der Waals surface area contributed by atoms with Gasteiger partial charge in [-0.15, -0.1) is 0 Å². The average Bonchev–Trinajstić information content (AvgIpc) is 3.29. The first-order valence-electron chi connectivity index (χ1n) is 9.65. The van der Waals surface area contributed by atoms with Crippen LogP contribution in [0.15, 0.2) is 42.9 Å². The fourth-order valence-electron chi connectivity index (χ4n) is 3.89. The SMILES string of the molecule is Cn1cc(-c2n[nH]c3cnc(-c4cccc(CN5CCC5)c4C(F)(F)F)cc23)cn1. The molecule has 0 atom stereocenters. The smallest absolute Gasteiger partial charge is 0.299 e. The molecule has 1 N–H and O–H groups in total. The second-order valence-corrected chi connectivity index (χ2v) is 7.56. The fourth-order valence-corrected chi connectivity index (χ4v) is 3.89. The lowest BCUT2D eigenvalue weighted by Gasteiger charge is -2.32. The highest BCUT2D eigenvalue weighted by Gasteiger charge is 2.37. The van der Waals surface area contributed by atoms with Gasteiger partial charge in [0.15, 0.2) is 0 Å². The van der Waals surface area contributed by atoms with E-state index in [1.807, 2.05) is 11.1 Å². The molecule has 0 unspecified atom stereocenters. The number of nitrogens with one attached hydrogen (secondary N) is 1. The largest absolute Gasteiger partial charge is 0.417 e. The molecule has 0 amide bonds. The van der Waals surface area contributed by atoms with E-state index in [1.165, 1.54) is 12.3 Å². The number of nitrogens with zero attached hydrogens (tertiary/aromatic N) is 5. The van der Waals surface area contributed by atoms with Gasteiger partial charge in [-0.1, -0.05) is 18.2 Å². The first-order valence-corrected chi connectivity index (χ1v) is 9.65. The van der Waals surface area contributed by atoms with E-state index in [2.05, 4.69) is 20.3 Å². The van der Waals surface area contributed by atoms with Crippen LogP contribution in [0.5, 0.6) is 0 Å². The van der Waals surface area contributed by atoms with E-state index >= 15 is 0 Å². The number of H-pyrrole nitrogens is 1. The van der Waals surface area contributed by atoms with Crippen molar-refractivity contribution in [2.45, 2.75) is 19.1 Å². The minimum absolute atomic E-state index is 0.0840. The lowest BCUT2D eigenvalue weighted by atomic mass is 9.96. The summed E-state index contributed by atoms with van der Waals surface area (Å²) in [5.74, 6) is 0. The number of pyridine rings is 1. The molecule has 0 radical (unpaired) electrons. The molecule has 1 aliphatic heterocycles. The summed E-state index contributed by atoms with van der Waals surface area (Å²) in [6.07, 6.45) is 1.56. The van der Waals surface area contributed by atoms with Crippen LogP contribution in [0.3, 0.4) is 0 Å². The van der Waals surface area contributed by atoms with E-state index in [0.717, 1.165) is 25.1 Å². The number of fused-ring (bicyclic) bond motifs is 1. The van der Waals surface area contributed by atoms with Gasteiger partial charge in [-0.25, -0.2) is 0 Å². The molecule has 0 aliphatic carbocycles. The Kier molecular flexibility index (Phi) is 4.35. The van der Waals surface area contributed by atoms with Crippen molar-refractivity contribution in [2.24, 2.45) is 7.05 Å². The predicted octanol–water partition coefficient (Wildman–Crippen LogP) is 4.25. The van der Waals surface area contributed by atoms with Crippen LogP contribution in [0.25, 0.3) is 33.4 Å². The van der Waals surface area contributed by atoms with Gasteiger partial charge in [0.25, 0.3) is 0 Å². The summed E-state index contributed by atoms with van der Waals surface area (Å²) >= 11 is 0. The van der Waals surface area contributed by atoms with Crippen molar-refractivity contribution >= 4 is 10.9 Å². The number of hydrogen-bond donors (Lipinski definition) is 1. The number of aromatic nitrogens is 5. The van der Waals surface area contributed by atoms with Crippen LogP contribution in [-0.4, -0.2) is 43.0 Å². The third-order valence-corrected chi connectivity index (χ3v) is 5.48. The number of alkyl halides is 3. The molecule has 1 fully saturated rings. The van der Waals surface area contributed by atoms with E-state index in [9.17, 15) is 13.2 Å². The van der Waals surface area contributed by atoms with Gasteiger partial charge in [-0.05, 0) is 31.1 Å². The third-order valence-electron chi connectivity index (χ3n) is 5.48. The minimum Gasteiger partial charge on any atom is -0.299 e. The first kappa shape index (κ1) is 18.8. The van der Waals surface area contributed by atoms with Crippen molar-refractivity contribution in [2.75, 3.05) is 13.1 Å². The molecule has 0 saturated carbocycles. The second kappa shape index (κ2) is 6.94. The number of hydrogen-bond acceptors (Lipinski definition) is 4. The maximum atomic E-state index is 14.1. The summed E-state index contributed by atoms with van der Waals surface area (Å²) < 4.78 is 43.9. The number of aryl methyl sites for hydroxylation is 1. The Balaban J connectivity index is 1.65. The fraction of sp³-hybridized carbons (Fsp3) is 0.286. The quantitative estimate of drug-likeness (QED) is 0.544. The molecular formula is C21H19F3N6. The zero-order chi connectivity index (χ0) is 20.9. The standard InChI is InChI=1S/C21H19F3N6/c1-29-11-14(9-26-29)20-16-8-17(25-10-18(16)27-28-20)15-5-2-4-13(12-30-6-3-7-30)19(15)21(22,23)24/h2,4-5,8-11H,3,6-7,12H2,1H3,(H,27,28). The highest BCUT2D eigenvalue weighted by atomic mass is 19.4. The molecule has 3 aromatic heterocycles. The van der Waals surface area contributed by atoms with Crippen molar-refractivity contribution in [3.63, 3.8) is 0 Å². The lowest BCUT2D eigenvalue weighted by molar-refractivity contribution is -0.138. The predicted molar refractivity (Wildman–Crippen MR) is 106 cm³/mol. The van der Waals surface area contributed by atoms with Gasteiger partial charge in [0.2, 0.25) is 0 Å². The average molecular weight is 412 g/mol. The molecule has 30 heavy (non-hydrogen) atoms. The molecule has 1 saturated heterocycles. The van der Waals surface area contributed by atoms with Gasteiger partial charge >= 0.3 is 6.18 Å². The molecule has 1 aromatic carbocycles. The van der Waals surface area contributed by atoms with Crippen LogP contribution >= 0.6 is 0 Å². The van der Waals surface area contributed by atoms with Crippen LogP contribution in [0.4, 0.5) is 13.2 Å². The maximum Gasteiger partial charge on any atom is 0.417 e. The Morgan fingerprint density at radius 1 is 1.17 bits per heavy atom. The Morgan fingerprint density at radius 2 is 2.00 bits per heavy atom. The van der Waals surface area contributed by atoms with Crippen LogP contribution in [-0.2, 0) is 19.8 Å². The molecule has 6 nitrogen and oxygen atoms in total. The van der Waals surface area contributed by atoms with Crippen LogP contribution < -0.4 is 0 Å². The normalized spacial score (nSPS) is 14.9. The Labute approximate surface area is 170 Å². The summed E-state index contributed by atoms with van der Waals surface area (Å²) in [7, 11) is 1.80. The summed E-state index contributed by atoms with van der Waals surface area (Å²) in [6.45, 7) is 1.95. The van der Waals surface area contributed by atoms with E-state index in [4.69, 9.17) is 0 Å². The Hall–Kier alpha value is -3.20. The van der Waals surface area contributed by atoms with E-state index < -0.39 is 11.7 Å². The Morgan fingerprint density at radius 3 is 2.67 bits per heavy atom. The van der Waals surface area contributed by atoms with E-state index in [0.29, 0.717) is 16.6 Å². The number of rotatable bonds is 4. The van der Waals surface area contributed by atoms with Crippen molar-refractivity contribution in [1.29, 1.82) is 0 Å². The molecule has 0 spiro atoms. The topological polar surface area (TPSA) is 62.6 Å². The summed E-state index contributed by atoms with van der Waals surface area (Å²) in [4.78, 5) is 6.33. The number of aromatic amines is 1.